The third-order valence-corrected chi connectivity index (χ3v) is 3.31. The minimum absolute atomic E-state index is 0.468. The summed E-state index contributed by atoms with van der Waals surface area (Å²) in [5.74, 6) is 1.32. The molecule has 1 heterocycles. The van der Waals surface area contributed by atoms with Crippen LogP contribution in [-0.2, 0) is 16.3 Å². The van der Waals surface area contributed by atoms with E-state index in [2.05, 4.69) is 12.1 Å². The molecule has 0 atom stereocenters. The molecule has 1 aliphatic heterocycles. The van der Waals surface area contributed by atoms with Crippen molar-refractivity contribution in [3.63, 3.8) is 0 Å². The Hall–Kier alpha value is -2.59. The third kappa shape index (κ3) is 3.35. The van der Waals surface area contributed by atoms with Gasteiger partial charge in [-0.2, -0.15) is 0 Å². The number of oxime groups is 1. The van der Waals surface area contributed by atoms with Gasteiger partial charge in [-0.1, -0.05) is 65.3 Å². The van der Waals surface area contributed by atoms with Crippen LogP contribution in [0.1, 0.15) is 23.6 Å². The molecule has 112 valence electrons. The van der Waals surface area contributed by atoms with Gasteiger partial charge in [0.2, 0.25) is 5.84 Å². The van der Waals surface area contributed by atoms with Gasteiger partial charge in [0, 0.05) is 5.56 Å². The zero-order valence-electron chi connectivity index (χ0n) is 12.7. The van der Waals surface area contributed by atoms with Crippen LogP contribution in [0.25, 0.3) is 0 Å². The Morgan fingerprint density at radius 2 is 1.73 bits per heavy atom. The van der Waals surface area contributed by atoms with Crippen LogP contribution in [0.5, 0.6) is 0 Å². The number of hydrogen-bond acceptors (Lipinski definition) is 4. The summed E-state index contributed by atoms with van der Waals surface area (Å²) in [6, 6.07) is 18.1. The molecule has 4 nitrogen and oxygen atoms in total. The molecule has 0 aliphatic carbocycles. The van der Waals surface area contributed by atoms with Crippen molar-refractivity contribution in [2.75, 3.05) is 0 Å². The van der Waals surface area contributed by atoms with Crippen LogP contribution >= 0.6 is 0 Å². The van der Waals surface area contributed by atoms with Crippen LogP contribution in [0.2, 0.25) is 0 Å². The van der Waals surface area contributed by atoms with E-state index in [1.807, 2.05) is 61.5 Å². The summed E-state index contributed by atoms with van der Waals surface area (Å²) in [4.78, 5) is 11.2. The predicted molar refractivity (Wildman–Crippen MR) is 85.6 cm³/mol. The molecule has 0 fully saturated rings. The zero-order valence-corrected chi connectivity index (χ0v) is 12.7. The van der Waals surface area contributed by atoms with Gasteiger partial charge < -0.3 is 4.84 Å². The highest BCUT2D eigenvalue weighted by molar-refractivity contribution is 5.98. The Bertz CT molecular complexity index is 691. The average Bonchev–Trinajstić information content (AvgIpc) is 2.55. The summed E-state index contributed by atoms with van der Waals surface area (Å²) in [6.45, 7) is 4.36. The molecular formula is C18H18N2O2. The fourth-order valence-corrected chi connectivity index (χ4v) is 2.10. The van der Waals surface area contributed by atoms with Gasteiger partial charge in [-0.25, -0.2) is 5.06 Å². The highest BCUT2D eigenvalue weighted by atomic mass is 16.7. The Labute approximate surface area is 130 Å². The van der Waals surface area contributed by atoms with Crippen LogP contribution in [0.15, 0.2) is 71.7 Å². The van der Waals surface area contributed by atoms with Crippen LogP contribution in [-0.4, -0.2) is 10.9 Å². The van der Waals surface area contributed by atoms with Gasteiger partial charge in [0.25, 0.3) is 0 Å². The lowest BCUT2D eigenvalue weighted by Crippen LogP contribution is -2.30. The maximum absolute atomic E-state index is 5.88. The number of amidine groups is 1. The monoisotopic (exact) mass is 294 g/mol. The Morgan fingerprint density at radius 1 is 1.00 bits per heavy atom. The quantitative estimate of drug-likeness (QED) is 0.855. The first-order chi connectivity index (χ1) is 10.7. The highest BCUT2D eigenvalue weighted by Gasteiger charge is 2.18. The number of nitrogens with zero attached hydrogens (tertiary/aromatic N) is 2. The first-order valence-electron chi connectivity index (χ1n) is 7.19. The molecule has 2 aromatic carbocycles. The van der Waals surface area contributed by atoms with Crippen molar-refractivity contribution >= 4 is 5.84 Å². The molecule has 0 saturated heterocycles. The van der Waals surface area contributed by atoms with E-state index >= 15 is 0 Å². The zero-order chi connectivity index (χ0) is 15.4. The van der Waals surface area contributed by atoms with E-state index in [9.17, 15) is 0 Å². The average molecular weight is 294 g/mol. The number of benzene rings is 2. The molecule has 0 radical (unpaired) electrons. The van der Waals surface area contributed by atoms with E-state index in [0.29, 0.717) is 18.2 Å². The van der Waals surface area contributed by atoms with Crippen LogP contribution in [0.3, 0.4) is 0 Å². The number of rotatable bonds is 4. The second kappa shape index (κ2) is 6.45. The highest BCUT2D eigenvalue weighted by Crippen LogP contribution is 2.17. The summed E-state index contributed by atoms with van der Waals surface area (Å²) in [6.07, 6.45) is 1.80. The van der Waals surface area contributed by atoms with E-state index in [0.717, 1.165) is 11.1 Å². The van der Waals surface area contributed by atoms with Gasteiger partial charge in [-0.05, 0) is 19.4 Å². The fourth-order valence-electron chi connectivity index (χ4n) is 2.10. The molecule has 0 bridgehead atoms. The standard InChI is InChI=1S/C18H18N2O2/c1-14-8-10-17(11-9-14)18-19-22-15(2)12-20(18)21-13-16-6-4-3-5-7-16/h3-12H,13H2,1-2H3. The van der Waals surface area contributed by atoms with Gasteiger partial charge in [0.05, 0.1) is 6.20 Å². The number of hydrogen-bond donors (Lipinski definition) is 0. The van der Waals surface area contributed by atoms with E-state index in [1.54, 1.807) is 11.3 Å². The van der Waals surface area contributed by atoms with Gasteiger partial charge in [-0.3, -0.25) is 4.84 Å². The summed E-state index contributed by atoms with van der Waals surface area (Å²) in [7, 11) is 0. The third-order valence-electron chi connectivity index (χ3n) is 3.31. The van der Waals surface area contributed by atoms with E-state index in [-0.39, 0.29) is 0 Å². The maximum atomic E-state index is 5.88. The molecule has 0 saturated carbocycles. The molecule has 0 N–H and O–H groups in total. The van der Waals surface area contributed by atoms with Crippen LogP contribution < -0.4 is 0 Å². The molecule has 2 aromatic rings. The van der Waals surface area contributed by atoms with Gasteiger partial charge in [0.1, 0.15) is 6.61 Å². The summed E-state index contributed by atoms with van der Waals surface area (Å²) in [5.41, 5.74) is 3.25. The SMILES string of the molecule is CC1=CN(OCc2ccccc2)C(c2ccc(C)cc2)=NO1. The Kier molecular flexibility index (Phi) is 4.21. The molecule has 0 amide bonds. The minimum Gasteiger partial charge on any atom is -0.358 e. The molecule has 22 heavy (non-hydrogen) atoms. The number of aryl methyl sites for hydroxylation is 1. The topological polar surface area (TPSA) is 34.1 Å². The lowest BCUT2D eigenvalue weighted by atomic mass is 10.1. The fraction of sp³-hybridized carbons (Fsp3) is 0.167. The van der Waals surface area contributed by atoms with Crippen molar-refractivity contribution in [2.24, 2.45) is 5.16 Å². The van der Waals surface area contributed by atoms with E-state index in [1.165, 1.54) is 5.56 Å². The van der Waals surface area contributed by atoms with Gasteiger partial charge in [0.15, 0.2) is 5.76 Å². The molecule has 0 aromatic heterocycles. The molecule has 1 aliphatic rings. The Balaban J connectivity index is 1.78. The molecule has 3 rings (SSSR count). The van der Waals surface area contributed by atoms with E-state index in [4.69, 9.17) is 9.68 Å². The second-order valence-corrected chi connectivity index (χ2v) is 5.20. The van der Waals surface area contributed by atoms with Crippen LogP contribution in [0.4, 0.5) is 0 Å². The first-order valence-corrected chi connectivity index (χ1v) is 7.19. The summed E-state index contributed by atoms with van der Waals surface area (Å²) >= 11 is 0. The largest absolute Gasteiger partial charge is 0.358 e. The first kappa shape index (κ1) is 14.4. The van der Waals surface area contributed by atoms with Crippen molar-refractivity contribution in [1.29, 1.82) is 0 Å². The van der Waals surface area contributed by atoms with Crippen molar-refractivity contribution in [2.45, 2.75) is 20.5 Å². The normalized spacial score (nSPS) is 14.2. The lowest BCUT2D eigenvalue weighted by Gasteiger charge is -2.24. The van der Waals surface area contributed by atoms with Crippen molar-refractivity contribution in [3.05, 3.63) is 83.2 Å². The van der Waals surface area contributed by atoms with E-state index < -0.39 is 0 Å². The lowest BCUT2D eigenvalue weighted by molar-refractivity contribution is -0.0833. The minimum atomic E-state index is 0.468. The number of allylic oxidation sites excluding steroid dienone is 1. The van der Waals surface area contributed by atoms with Crippen molar-refractivity contribution < 1.29 is 9.68 Å². The second-order valence-electron chi connectivity index (χ2n) is 5.20. The molecular weight excluding hydrogens is 276 g/mol. The summed E-state index contributed by atoms with van der Waals surface area (Å²) < 4.78 is 0. The van der Waals surface area contributed by atoms with Crippen molar-refractivity contribution in [3.8, 4) is 0 Å². The summed E-state index contributed by atoms with van der Waals surface area (Å²) in [5, 5.41) is 5.82. The van der Waals surface area contributed by atoms with Crippen molar-refractivity contribution in [1.82, 2.24) is 5.06 Å². The van der Waals surface area contributed by atoms with Crippen LogP contribution in [0, 0.1) is 6.92 Å². The molecule has 0 unspecified atom stereocenters. The maximum Gasteiger partial charge on any atom is 0.204 e. The molecule has 4 heteroatoms. The van der Waals surface area contributed by atoms with Gasteiger partial charge >= 0.3 is 0 Å². The van der Waals surface area contributed by atoms with Gasteiger partial charge in [-0.15, -0.1) is 0 Å². The Morgan fingerprint density at radius 3 is 2.45 bits per heavy atom. The predicted octanol–water partition coefficient (Wildman–Crippen LogP) is 3.98. The smallest absolute Gasteiger partial charge is 0.204 e. The number of hydroxylamine groups is 2. The molecule has 0 spiro atoms.